The number of halogens is 3. The summed E-state index contributed by atoms with van der Waals surface area (Å²) in [6, 6.07) is 11.0. The van der Waals surface area contributed by atoms with E-state index in [1.807, 2.05) is 0 Å². The monoisotopic (exact) mass is 582 g/mol. The van der Waals surface area contributed by atoms with Gasteiger partial charge in [0.25, 0.3) is 0 Å². The SMILES string of the molecule is COCCOc1ccc(Nc2ncc(C(F)(F)F)c(O[C@@H]3Cc4ccccc4[C@H]3N(C)S(C)(=O)=O)n2)cc1OC. The summed E-state index contributed by atoms with van der Waals surface area (Å²) in [6.07, 6.45) is -3.94. The number of anilines is 2. The van der Waals surface area contributed by atoms with Gasteiger partial charge in [0.15, 0.2) is 11.5 Å². The molecule has 40 heavy (non-hydrogen) atoms. The Morgan fingerprint density at radius 1 is 1.10 bits per heavy atom. The normalized spacial score (nSPS) is 17.0. The molecule has 1 heterocycles. The zero-order chi connectivity index (χ0) is 29.1. The van der Waals surface area contributed by atoms with Gasteiger partial charge < -0.3 is 24.3 Å². The van der Waals surface area contributed by atoms with E-state index in [4.69, 9.17) is 18.9 Å². The quantitative estimate of drug-likeness (QED) is 0.332. The van der Waals surface area contributed by atoms with Crippen LogP contribution in [-0.2, 0) is 27.4 Å². The number of hydrogen-bond acceptors (Lipinski definition) is 9. The lowest BCUT2D eigenvalue weighted by Gasteiger charge is -2.29. The summed E-state index contributed by atoms with van der Waals surface area (Å²) in [5.74, 6) is -0.0630. The molecule has 3 aromatic rings. The molecule has 2 aromatic carbocycles. The molecule has 1 aliphatic rings. The van der Waals surface area contributed by atoms with Crippen LogP contribution in [0.1, 0.15) is 22.7 Å². The van der Waals surface area contributed by atoms with E-state index >= 15 is 0 Å². The third-order valence-corrected chi connectivity index (χ3v) is 7.62. The summed E-state index contributed by atoms with van der Waals surface area (Å²) in [5, 5.41) is 2.86. The lowest BCUT2D eigenvalue weighted by atomic mass is 10.1. The summed E-state index contributed by atoms with van der Waals surface area (Å²) in [5.41, 5.74) is 0.661. The Labute approximate surface area is 230 Å². The molecule has 0 spiro atoms. The van der Waals surface area contributed by atoms with Crippen molar-refractivity contribution in [1.82, 2.24) is 14.3 Å². The summed E-state index contributed by atoms with van der Waals surface area (Å²) < 4.78 is 89.5. The molecule has 0 saturated heterocycles. The van der Waals surface area contributed by atoms with Crippen molar-refractivity contribution in [2.75, 3.05) is 46.1 Å². The van der Waals surface area contributed by atoms with Crippen molar-refractivity contribution in [2.45, 2.75) is 24.7 Å². The van der Waals surface area contributed by atoms with Gasteiger partial charge in [-0.15, -0.1) is 0 Å². The molecule has 0 saturated carbocycles. The second kappa shape index (κ2) is 11.9. The number of benzene rings is 2. The number of ether oxygens (including phenoxy) is 4. The molecule has 0 unspecified atom stereocenters. The molecule has 2 atom stereocenters. The van der Waals surface area contributed by atoms with E-state index in [1.165, 1.54) is 14.2 Å². The fourth-order valence-electron chi connectivity index (χ4n) is 4.36. The predicted octanol–water partition coefficient (Wildman–Crippen LogP) is 4.21. The second-order valence-electron chi connectivity index (χ2n) is 9.03. The van der Waals surface area contributed by atoms with Gasteiger partial charge in [-0.25, -0.2) is 13.4 Å². The second-order valence-corrected chi connectivity index (χ2v) is 11.1. The van der Waals surface area contributed by atoms with Crippen LogP contribution in [0.5, 0.6) is 17.4 Å². The fraction of sp³-hybridized carbons (Fsp3) is 0.385. The number of sulfonamides is 1. The lowest BCUT2D eigenvalue weighted by molar-refractivity contribution is -0.140. The van der Waals surface area contributed by atoms with Crippen LogP contribution >= 0.6 is 0 Å². The van der Waals surface area contributed by atoms with Crippen LogP contribution in [0.3, 0.4) is 0 Å². The van der Waals surface area contributed by atoms with Crippen LogP contribution in [0.4, 0.5) is 24.8 Å². The van der Waals surface area contributed by atoms with E-state index < -0.39 is 39.8 Å². The maximum atomic E-state index is 13.9. The summed E-state index contributed by atoms with van der Waals surface area (Å²) in [4.78, 5) is 7.86. The molecule has 216 valence electrons. The van der Waals surface area contributed by atoms with Crippen LogP contribution in [0.15, 0.2) is 48.7 Å². The van der Waals surface area contributed by atoms with Gasteiger partial charge in [-0.3, -0.25) is 0 Å². The fourth-order valence-corrected chi connectivity index (χ4v) is 5.02. The number of hydrogen-bond donors (Lipinski definition) is 1. The topological polar surface area (TPSA) is 112 Å². The van der Waals surface area contributed by atoms with Gasteiger partial charge in [0.05, 0.1) is 26.0 Å². The minimum atomic E-state index is -4.82. The van der Waals surface area contributed by atoms with Crippen LogP contribution < -0.4 is 19.5 Å². The van der Waals surface area contributed by atoms with Gasteiger partial charge >= 0.3 is 6.18 Å². The maximum Gasteiger partial charge on any atom is 0.423 e. The number of rotatable bonds is 11. The predicted molar refractivity (Wildman–Crippen MR) is 141 cm³/mol. The van der Waals surface area contributed by atoms with Crippen molar-refractivity contribution in [3.05, 3.63) is 65.4 Å². The number of aromatic nitrogens is 2. The zero-order valence-electron chi connectivity index (χ0n) is 22.2. The molecule has 0 fully saturated rings. The smallest absolute Gasteiger partial charge is 0.423 e. The van der Waals surface area contributed by atoms with E-state index in [1.54, 1.807) is 49.6 Å². The first-order valence-corrected chi connectivity index (χ1v) is 14.0. The average Bonchev–Trinajstić information content (AvgIpc) is 3.25. The molecular formula is C26H29F3N4O6S. The van der Waals surface area contributed by atoms with Crippen LogP contribution in [0, 0.1) is 0 Å². The summed E-state index contributed by atoms with van der Waals surface area (Å²) >= 11 is 0. The van der Waals surface area contributed by atoms with Crippen molar-refractivity contribution in [3.8, 4) is 17.4 Å². The highest BCUT2D eigenvalue weighted by Gasteiger charge is 2.43. The van der Waals surface area contributed by atoms with E-state index in [-0.39, 0.29) is 12.4 Å². The number of nitrogens with zero attached hydrogens (tertiary/aromatic N) is 3. The molecule has 1 N–H and O–H groups in total. The lowest BCUT2D eigenvalue weighted by Crippen LogP contribution is -2.38. The molecule has 4 rings (SSSR count). The molecule has 0 radical (unpaired) electrons. The van der Waals surface area contributed by atoms with Gasteiger partial charge in [-0.05, 0) is 23.3 Å². The van der Waals surface area contributed by atoms with E-state index in [9.17, 15) is 21.6 Å². The van der Waals surface area contributed by atoms with Gasteiger partial charge in [-0.2, -0.15) is 22.5 Å². The van der Waals surface area contributed by atoms with Gasteiger partial charge in [-0.1, -0.05) is 24.3 Å². The van der Waals surface area contributed by atoms with Crippen molar-refractivity contribution < 1.29 is 40.5 Å². The highest BCUT2D eigenvalue weighted by Crippen LogP contribution is 2.42. The Kier molecular flexibility index (Phi) is 8.71. The van der Waals surface area contributed by atoms with Gasteiger partial charge in [0.1, 0.15) is 18.3 Å². The third-order valence-electron chi connectivity index (χ3n) is 6.35. The number of alkyl halides is 3. The summed E-state index contributed by atoms with van der Waals surface area (Å²) in [6.45, 7) is 0.668. The number of fused-ring (bicyclic) bond motifs is 1. The highest BCUT2D eigenvalue weighted by molar-refractivity contribution is 7.88. The Bertz CT molecular complexity index is 1450. The number of nitrogens with one attached hydrogen (secondary N) is 1. The Hall–Kier alpha value is -3.62. The molecule has 14 heteroatoms. The van der Waals surface area contributed by atoms with Gasteiger partial charge in [0, 0.05) is 38.5 Å². The first kappa shape index (κ1) is 29.4. The first-order valence-electron chi connectivity index (χ1n) is 12.1. The standard InChI is InChI=1S/C26H29F3N4O6S/c1-33(40(4,34)35)23-18-8-6-5-7-16(18)13-22(23)39-24-19(26(27,28)29)15-30-25(32-24)31-17-9-10-20(21(14-17)37-3)38-12-11-36-2/h5-10,14-15,22-23H,11-13H2,1-4H3,(H,30,31,32)/t22-,23-/m1/s1. The van der Waals surface area contributed by atoms with Crippen molar-refractivity contribution in [1.29, 1.82) is 0 Å². The van der Waals surface area contributed by atoms with Gasteiger partial charge in [0.2, 0.25) is 21.9 Å². The molecule has 0 bridgehead atoms. The molecular weight excluding hydrogens is 553 g/mol. The molecule has 0 aliphatic heterocycles. The van der Waals surface area contributed by atoms with E-state index in [2.05, 4.69) is 15.3 Å². The molecule has 10 nitrogen and oxygen atoms in total. The first-order chi connectivity index (χ1) is 18.9. The Balaban J connectivity index is 1.65. The van der Waals surface area contributed by atoms with Crippen LogP contribution in [-0.4, -0.2) is 69.5 Å². The average molecular weight is 583 g/mol. The number of likely N-dealkylation sites (N-methyl/N-ethyl adjacent to an activating group) is 1. The summed E-state index contributed by atoms with van der Waals surface area (Å²) in [7, 11) is 0.663. The largest absolute Gasteiger partial charge is 0.493 e. The van der Waals surface area contributed by atoms with E-state index in [0.717, 1.165) is 16.1 Å². The number of methoxy groups -OCH3 is 2. The van der Waals surface area contributed by atoms with Crippen molar-refractivity contribution in [2.24, 2.45) is 0 Å². The zero-order valence-corrected chi connectivity index (χ0v) is 23.0. The Morgan fingerprint density at radius 3 is 2.52 bits per heavy atom. The van der Waals surface area contributed by atoms with E-state index in [0.29, 0.717) is 42.2 Å². The van der Waals surface area contributed by atoms with Crippen molar-refractivity contribution in [3.63, 3.8) is 0 Å². The molecule has 1 aliphatic carbocycles. The third kappa shape index (κ3) is 6.57. The molecule has 1 aromatic heterocycles. The Morgan fingerprint density at radius 2 is 1.85 bits per heavy atom. The van der Waals surface area contributed by atoms with Crippen LogP contribution in [0.25, 0.3) is 0 Å². The molecule has 0 amide bonds. The highest BCUT2D eigenvalue weighted by atomic mass is 32.2. The minimum absolute atomic E-state index is 0.165. The van der Waals surface area contributed by atoms with Crippen molar-refractivity contribution >= 4 is 21.7 Å². The minimum Gasteiger partial charge on any atom is -0.493 e. The maximum absolute atomic E-state index is 13.9. The van der Waals surface area contributed by atoms with Crippen LogP contribution in [0.2, 0.25) is 0 Å².